The Balaban J connectivity index is 1.81. The van der Waals surface area contributed by atoms with E-state index in [0.29, 0.717) is 5.95 Å². The largest absolute Gasteiger partial charge is 0.369 e. The quantitative estimate of drug-likeness (QED) is 0.904. The Bertz CT molecular complexity index is 590. The Hall–Kier alpha value is -1.01. The highest BCUT2D eigenvalue weighted by Gasteiger charge is 2.15. The van der Waals surface area contributed by atoms with Gasteiger partial charge < -0.3 is 10.6 Å². The lowest BCUT2D eigenvalue weighted by Gasteiger charge is -2.22. The van der Waals surface area contributed by atoms with E-state index < -0.39 is 0 Å². The fraction of sp³-hybridized carbons (Fsp3) is 0.571. The maximum atomic E-state index is 4.59. The zero-order valence-corrected chi connectivity index (χ0v) is 13.5. The van der Waals surface area contributed by atoms with Crippen molar-refractivity contribution in [3.8, 4) is 0 Å². The van der Waals surface area contributed by atoms with E-state index in [-0.39, 0.29) is 0 Å². The average molecular weight is 308 g/mol. The van der Waals surface area contributed by atoms with Gasteiger partial charge in [-0.3, -0.25) is 0 Å². The Morgan fingerprint density at radius 1 is 1.30 bits per heavy atom. The zero-order chi connectivity index (χ0) is 13.9. The van der Waals surface area contributed by atoms with Gasteiger partial charge in [-0.2, -0.15) is 16.7 Å². The van der Waals surface area contributed by atoms with Gasteiger partial charge in [-0.1, -0.05) is 0 Å². The molecule has 2 aromatic rings. The lowest BCUT2D eigenvalue weighted by atomic mass is 10.0. The fourth-order valence-electron chi connectivity index (χ4n) is 2.48. The van der Waals surface area contributed by atoms with Gasteiger partial charge in [0.2, 0.25) is 5.95 Å². The third-order valence-corrected chi connectivity index (χ3v) is 5.63. The Morgan fingerprint density at radius 3 is 2.85 bits per heavy atom. The smallest absolute Gasteiger partial charge is 0.225 e. The number of anilines is 2. The van der Waals surface area contributed by atoms with E-state index >= 15 is 0 Å². The normalized spacial score (nSPS) is 16.5. The number of thioether (sulfide) groups is 1. The van der Waals surface area contributed by atoms with Crippen LogP contribution in [-0.2, 0) is 0 Å². The van der Waals surface area contributed by atoms with Crippen LogP contribution >= 0.6 is 23.1 Å². The second kappa shape index (κ2) is 6.18. The number of fused-ring (bicyclic) bond motifs is 1. The summed E-state index contributed by atoms with van der Waals surface area (Å²) in [4.78, 5) is 11.4. The van der Waals surface area contributed by atoms with Crippen LogP contribution in [0.15, 0.2) is 6.07 Å². The minimum atomic E-state index is 0.695. The van der Waals surface area contributed by atoms with Crippen molar-refractivity contribution in [3.05, 3.63) is 10.9 Å². The number of aryl methyl sites for hydroxylation is 1. The molecule has 1 fully saturated rings. The summed E-state index contributed by atoms with van der Waals surface area (Å²) < 4.78 is 0. The molecular formula is C14H20N4S2. The summed E-state index contributed by atoms with van der Waals surface area (Å²) in [6.07, 6.45) is 2.63. The molecule has 108 valence electrons. The Kier molecular flexibility index (Phi) is 4.31. The van der Waals surface area contributed by atoms with Gasteiger partial charge in [-0.15, -0.1) is 11.3 Å². The van der Waals surface area contributed by atoms with Crippen LogP contribution in [0.25, 0.3) is 10.2 Å². The number of rotatable bonds is 4. The van der Waals surface area contributed by atoms with Crippen LogP contribution in [0, 0.1) is 12.8 Å². The molecule has 2 N–H and O–H groups in total. The molecule has 3 heterocycles. The molecular weight excluding hydrogens is 288 g/mol. The molecule has 1 aliphatic rings. The van der Waals surface area contributed by atoms with Crippen molar-refractivity contribution in [2.75, 3.05) is 35.7 Å². The molecule has 20 heavy (non-hydrogen) atoms. The van der Waals surface area contributed by atoms with E-state index in [9.17, 15) is 0 Å². The van der Waals surface area contributed by atoms with Gasteiger partial charge >= 0.3 is 0 Å². The zero-order valence-electron chi connectivity index (χ0n) is 11.9. The molecule has 0 aromatic carbocycles. The van der Waals surface area contributed by atoms with Gasteiger partial charge in [0.25, 0.3) is 0 Å². The minimum absolute atomic E-state index is 0.695. The molecule has 1 aliphatic heterocycles. The van der Waals surface area contributed by atoms with Gasteiger partial charge in [0.05, 0.1) is 5.39 Å². The maximum absolute atomic E-state index is 4.59. The second-order valence-electron chi connectivity index (χ2n) is 5.16. The molecule has 0 saturated carbocycles. The predicted molar refractivity (Wildman–Crippen MR) is 90.2 cm³/mol. The highest BCUT2D eigenvalue weighted by Crippen LogP contribution is 2.30. The molecule has 2 aromatic heterocycles. The minimum Gasteiger partial charge on any atom is -0.369 e. The summed E-state index contributed by atoms with van der Waals surface area (Å²) in [6, 6.07) is 2.18. The number of hydrogen-bond donors (Lipinski definition) is 2. The molecule has 0 aliphatic carbocycles. The molecule has 0 amide bonds. The number of aromatic nitrogens is 2. The number of thiophene rings is 1. The maximum Gasteiger partial charge on any atom is 0.225 e. The molecule has 0 atom stereocenters. The highest BCUT2D eigenvalue weighted by atomic mass is 32.2. The molecule has 0 bridgehead atoms. The molecule has 6 heteroatoms. The van der Waals surface area contributed by atoms with E-state index in [1.165, 1.54) is 29.2 Å². The SMILES string of the molecule is CNc1nc(NCC2CCSCC2)c2cc(C)sc2n1. The Labute approximate surface area is 127 Å². The topological polar surface area (TPSA) is 49.8 Å². The van der Waals surface area contributed by atoms with Crippen LogP contribution in [0.3, 0.4) is 0 Å². The molecule has 3 rings (SSSR count). The first kappa shape index (κ1) is 13.9. The van der Waals surface area contributed by atoms with Gasteiger partial charge in [0.15, 0.2) is 0 Å². The lowest BCUT2D eigenvalue weighted by molar-refractivity contribution is 0.516. The van der Waals surface area contributed by atoms with E-state index in [2.05, 4.69) is 45.4 Å². The summed E-state index contributed by atoms with van der Waals surface area (Å²) in [7, 11) is 1.86. The number of nitrogens with one attached hydrogen (secondary N) is 2. The van der Waals surface area contributed by atoms with Crippen LogP contribution in [0.1, 0.15) is 17.7 Å². The third kappa shape index (κ3) is 3.01. The first-order valence-electron chi connectivity index (χ1n) is 7.04. The third-order valence-electron chi connectivity index (χ3n) is 3.64. The van der Waals surface area contributed by atoms with Gasteiger partial charge in [-0.25, -0.2) is 4.98 Å². The van der Waals surface area contributed by atoms with Crippen LogP contribution in [0.4, 0.5) is 11.8 Å². The van der Waals surface area contributed by atoms with Gasteiger partial charge in [0, 0.05) is 18.5 Å². The van der Waals surface area contributed by atoms with E-state index in [4.69, 9.17) is 0 Å². The molecule has 0 unspecified atom stereocenters. The number of hydrogen-bond acceptors (Lipinski definition) is 6. The Morgan fingerprint density at radius 2 is 2.10 bits per heavy atom. The van der Waals surface area contributed by atoms with E-state index in [1.54, 1.807) is 11.3 Å². The van der Waals surface area contributed by atoms with Crippen LogP contribution < -0.4 is 10.6 Å². The number of nitrogens with zero attached hydrogens (tertiary/aromatic N) is 2. The van der Waals surface area contributed by atoms with E-state index in [0.717, 1.165) is 28.5 Å². The van der Waals surface area contributed by atoms with Crippen molar-refractivity contribution < 1.29 is 0 Å². The molecule has 1 saturated heterocycles. The molecule has 0 radical (unpaired) electrons. The second-order valence-corrected chi connectivity index (χ2v) is 7.62. The predicted octanol–water partition coefficient (Wildman–Crippen LogP) is 3.60. The summed E-state index contributed by atoms with van der Waals surface area (Å²) in [5.74, 6) is 5.04. The van der Waals surface area contributed by atoms with Crippen molar-refractivity contribution in [2.24, 2.45) is 5.92 Å². The summed E-state index contributed by atoms with van der Waals surface area (Å²) in [6.45, 7) is 3.14. The summed E-state index contributed by atoms with van der Waals surface area (Å²) in [5.41, 5.74) is 0. The van der Waals surface area contributed by atoms with Gasteiger partial charge in [-0.05, 0) is 43.3 Å². The summed E-state index contributed by atoms with van der Waals surface area (Å²) in [5, 5.41) is 7.75. The first-order chi connectivity index (χ1) is 9.76. The average Bonchev–Trinajstić information content (AvgIpc) is 2.86. The fourth-order valence-corrected chi connectivity index (χ4v) is 4.56. The standard InChI is InChI=1S/C14H20N4S2/c1-9-7-11-12(16-8-10-3-5-19-6-4-10)17-14(15-2)18-13(11)20-9/h7,10H,3-6,8H2,1-2H3,(H2,15,16,17,18). The van der Waals surface area contributed by atoms with Crippen molar-refractivity contribution in [2.45, 2.75) is 19.8 Å². The van der Waals surface area contributed by atoms with Crippen molar-refractivity contribution in [1.82, 2.24) is 9.97 Å². The highest BCUT2D eigenvalue weighted by molar-refractivity contribution is 7.99. The lowest BCUT2D eigenvalue weighted by Crippen LogP contribution is -2.19. The first-order valence-corrected chi connectivity index (χ1v) is 9.01. The van der Waals surface area contributed by atoms with Crippen LogP contribution in [0.5, 0.6) is 0 Å². The van der Waals surface area contributed by atoms with Crippen molar-refractivity contribution in [1.29, 1.82) is 0 Å². The van der Waals surface area contributed by atoms with Crippen molar-refractivity contribution in [3.63, 3.8) is 0 Å². The molecule has 0 spiro atoms. The van der Waals surface area contributed by atoms with Gasteiger partial charge in [0.1, 0.15) is 10.6 Å². The summed E-state index contributed by atoms with van der Waals surface area (Å²) >= 11 is 3.79. The van der Waals surface area contributed by atoms with Crippen LogP contribution in [0.2, 0.25) is 0 Å². The van der Waals surface area contributed by atoms with E-state index in [1.807, 2.05) is 7.05 Å². The monoisotopic (exact) mass is 308 g/mol. The van der Waals surface area contributed by atoms with Crippen molar-refractivity contribution >= 4 is 45.1 Å². The van der Waals surface area contributed by atoms with Crippen LogP contribution in [-0.4, -0.2) is 35.1 Å². The molecule has 4 nitrogen and oxygen atoms in total.